The van der Waals surface area contributed by atoms with E-state index in [4.69, 9.17) is 9.47 Å². The molecule has 0 aliphatic heterocycles. The quantitative estimate of drug-likeness (QED) is 0.652. The summed E-state index contributed by atoms with van der Waals surface area (Å²) in [5.74, 6) is 1.25. The van der Waals surface area contributed by atoms with Crippen LogP contribution in [-0.2, 0) is 0 Å². The van der Waals surface area contributed by atoms with Crippen LogP contribution in [0.1, 0.15) is 26.3 Å². The predicted molar refractivity (Wildman–Crippen MR) is 101 cm³/mol. The Hall–Kier alpha value is -3.40. The first-order valence-electron chi connectivity index (χ1n) is 8.17. The maximum absolute atomic E-state index is 12.4. The molecule has 0 saturated carbocycles. The van der Waals surface area contributed by atoms with E-state index in [0.29, 0.717) is 16.9 Å². The minimum atomic E-state index is -0.111. The number of hydrogen-bond donors (Lipinski definition) is 0. The molecule has 0 aromatic heterocycles. The van der Waals surface area contributed by atoms with Crippen molar-refractivity contribution in [2.45, 2.75) is 0 Å². The Morgan fingerprint density at radius 3 is 2.31 bits per heavy atom. The molecule has 0 amide bonds. The van der Waals surface area contributed by atoms with Crippen molar-refractivity contribution in [1.82, 2.24) is 0 Å². The molecular weight excluding hydrogens is 328 g/mol. The van der Waals surface area contributed by atoms with Gasteiger partial charge in [-0.15, -0.1) is 0 Å². The van der Waals surface area contributed by atoms with Gasteiger partial charge in [-0.2, -0.15) is 0 Å². The number of benzene rings is 3. The van der Waals surface area contributed by atoms with Crippen LogP contribution in [0.4, 0.5) is 0 Å². The summed E-state index contributed by atoms with van der Waals surface area (Å²) in [5, 5.41) is 1.58. The van der Waals surface area contributed by atoms with Gasteiger partial charge in [-0.05, 0) is 41.5 Å². The van der Waals surface area contributed by atoms with Gasteiger partial charge in [-0.25, -0.2) is 0 Å². The maximum atomic E-state index is 12.4. The molecule has 3 aromatic rings. The van der Waals surface area contributed by atoms with Crippen molar-refractivity contribution in [3.05, 3.63) is 65.2 Å². The lowest BCUT2D eigenvalue weighted by molar-refractivity contribution is 0.104. The first-order valence-corrected chi connectivity index (χ1v) is 8.17. The largest absolute Gasteiger partial charge is 0.497 e. The lowest BCUT2D eigenvalue weighted by atomic mass is 9.85. The summed E-state index contributed by atoms with van der Waals surface area (Å²) in [5.41, 5.74) is 3.52. The lowest BCUT2D eigenvalue weighted by Crippen LogP contribution is -2.06. The summed E-state index contributed by atoms with van der Waals surface area (Å²) in [4.78, 5) is 24.3. The molecular formula is C22H16O4. The van der Waals surface area contributed by atoms with E-state index in [1.807, 2.05) is 36.4 Å². The second-order valence-corrected chi connectivity index (χ2v) is 6.04. The van der Waals surface area contributed by atoms with Gasteiger partial charge in [-0.3, -0.25) is 9.59 Å². The first-order chi connectivity index (χ1) is 12.7. The van der Waals surface area contributed by atoms with Gasteiger partial charge in [0.25, 0.3) is 0 Å². The van der Waals surface area contributed by atoms with Crippen molar-refractivity contribution >= 4 is 28.9 Å². The number of ether oxygens (including phenoxy) is 2. The normalized spacial score (nSPS) is 12.3. The van der Waals surface area contributed by atoms with Crippen LogP contribution in [0.3, 0.4) is 0 Å². The SMILES string of the molecule is COc1ccc(-c2c(C=O)cc3c4c(ccc(OC)c24)C=CC3=O)cc1. The van der Waals surface area contributed by atoms with Gasteiger partial charge in [0.2, 0.25) is 0 Å². The molecule has 26 heavy (non-hydrogen) atoms. The number of carbonyl (C=O) groups excluding carboxylic acids is 2. The zero-order chi connectivity index (χ0) is 18.3. The highest BCUT2D eigenvalue weighted by Gasteiger charge is 2.23. The van der Waals surface area contributed by atoms with Crippen molar-refractivity contribution in [3.8, 4) is 22.6 Å². The molecule has 0 spiro atoms. The summed E-state index contributed by atoms with van der Waals surface area (Å²) in [6, 6.07) is 12.9. The first kappa shape index (κ1) is 16.1. The molecule has 4 rings (SSSR count). The zero-order valence-corrected chi connectivity index (χ0v) is 14.4. The Kier molecular flexibility index (Phi) is 3.81. The number of methoxy groups -OCH3 is 2. The van der Waals surface area contributed by atoms with Crippen molar-refractivity contribution in [1.29, 1.82) is 0 Å². The highest BCUT2D eigenvalue weighted by Crippen LogP contribution is 2.43. The van der Waals surface area contributed by atoms with E-state index in [-0.39, 0.29) is 5.78 Å². The Balaban J connectivity index is 2.16. The van der Waals surface area contributed by atoms with Gasteiger partial charge < -0.3 is 9.47 Å². The standard InChI is InChI=1S/C22H16O4/c1-25-16-7-3-13(4-8-16)20-15(12-23)11-17-18(24)9-5-14-6-10-19(26-2)22(20)21(14)17/h3-12H,1-2H3. The predicted octanol–water partition coefficient (Wildman–Crippen LogP) is 4.55. The number of aldehydes is 1. The van der Waals surface area contributed by atoms with E-state index in [9.17, 15) is 9.59 Å². The highest BCUT2D eigenvalue weighted by atomic mass is 16.5. The average Bonchev–Trinajstić information content (AvgIpc) is 2.70. The number of rotatable bonds is 4. The fraction of sp³-hybridized carbons (Fsp3) is 0.0909. The molecule has 0 bridgehead atoms. The van der Waals surface area contributed by atoms with Crippen LogP contribution in [0, 0.1) is 0 Å². The van der Waals surface area contributed by atoms with Crippen LogP contribution >= 0.6 is 0 Å². The fourth-order valence-corrected chi connectivity index (χ4v) is 3.50. The zero-order valence-electron chi connectivity index (χ0n) is 14.4. The van der Waals surface area contributed by atoms with Crippen molar-refractivity contribution in [2.75, 3.05) is 14.2 Å². The molecule has 128 valence electrons. The molecule has 0 heterocycles. The minimum absolute atomic E-state index is 0.111. The summed E-state index contributed by atoms with van der Waals surface area (Å²) in [7, 11) is 3.19. The highest BCUT2D eigenvalue weighted by molar-refractivity contribution is 6.24. The van der Waals surface area contributed by atoms with Gasteiger partial charge in [0.05, 0.1) is 14.2 Å². The Bertz CT molecular complexity index is 1080. The van der Waals surface area contributed by atoms with E-state index >= 15 is 0 Å². The van der Waals surface area contributed by atoms with Crippen LogP contribution in [0.2, 0.25) is 0 Å². The van der Waals surface area contributed by atoms with Crippen LogP contribution < -0.4 is 9.47 Å². The molecule has 0 radical (unpaired) electrons. The number of ketones is 1. The molecule has 1 aliphatic rings. The third kappa shape index (κ3) is 2.30. The molecule has 1 aliphatic carbocycles. The van der Waals surface area contributed by atoms with Gasteiger partial charge >= 0.3 is 0 Å². The molecule has 0 N–H and O–H groups in total. The van der Waals surface area contributed by atoms with Crippen molar-refractivity contribution in [2.24, 2.45) is 0 Å². The Morgan fingerprint density at radius 2 is 1.65 bits per heavy atom. The molecule has 0 saturated heterocycles. The Morgan fingerprint density at radius 1 is 0.885 bits per heavy atom. The fourth-order valence-electron chi connectivity index (χ4n) is 3.50. The second-order valence-electron chi connectivity index (χ2n) is 6.04. The van der Waals surface area contributed by atoms with Gasteiger partial charge in [0, 0.05) is 27.5 Å². The van der Waals surface area contributed by atoms with Crippen molar-refractivity contribution < 1.29 is 19.1 Å². The number of carbonyl (C=O) groups is 2. The van der Waals surface area contributed by atoms with E-state index < -0.39 is 0 Å². The van der Waals surface area contributed by atoms with Gasteiger partial charge in [0.1, 0.15) is 11.5 Å². The smallest absolute Gasteiger partial charge is 0.186 e. The van der Waals surface area contributed by atoms with Crippen LogP contribution in [0.15, 0.2) is 48.5 Å². The summed E-state index contributed by atoms with van der Waals surface area (Å²) in [6.45, 7) is 0. The van der Waals surface area contributed by atoms with Crippen molar-refractivity contribution in [3.63, 3.8) is 0 Å². The molecule has 0 fully saturated rings. The minimum Gasteiger partial charge on any atom is -0.497 e. The monoisotopic (exact) mass is 344 g/mol. The van der Waals surface area contributed by atoms with Crippen LogP contribution in [0.25, 0.3) is 28.0 Å². The van der Waals surface area contributed by atoms with Crippen LogP contribution in [0.5, 0.6) is 11.5 Å². The number of hydrogen-bond acceptors (Lipinski definition) is 4. The molecule has 4 heteroatoms. The third-order valence-corrected chi connectivity index (χ3v) is 4.71. The average molecular weight is 344 g/mol. The molecule has 0 unspecified atom stereocenters. The summed E-state index contributed by atoms with van der Waals surface area (Å²) < 4.78 is 10.8. The molecule has 3 aromatic carbocycles. The van der Waals surface area contributed by atoms with Gasteiger partial charge in [0.15, 0.2) is 12.1 Å². The topological polar surface area (TPSA) is 52.6 Å². The van der Waals surface area contributed by atoms with E-state index in [1.54, 1.807) is 26.4 Å². The molecule has 4 nitrogen and oxygen atoms in total. The van der Waals surface area contributed by atoms with E-state index in [1.165, 1.54) is 6.08 Å². The number of allylic oxidation sites excluding steroid dienone is 1. The second kappa shape index (κ2) is 6.15. The lowest BCUT2D eigenvalue weighted by Gasteiger charge is -2.19. The third-order valence-electron chi connectivity index (χ3n) is 4.71. The van der Waals surface area contributed by atoms with Gasteiger partial charge in [-0.1, -0.05) is 24.3 Å². The Labute approximate surface area is 150 Å². The molecule has 0 atom stereocenters. The summed E-state index contributed by atoms with van der Waals surface area (Å²) >= 11 is 0. The van der Waals surface area contributed by atoms with E-state index in [2.05, 4.69) is 0 Å². The summed E-state index contributed by atoms with van der Waals surface area (Å²) in [6.07, 6.45) is 4.12. The maximum Gasteiger partial charge on any atom is 0.186 e. The van der Waals surface area contributed by atoms with Crippen LogP contribution in [-0.4, -0.2) is 26.3 Å². The van der Waals surface area contributed by atoms with E-state index in [0.717, 1.165) is 39.5 Å².